The maximum atomic E-state index is 12.9. The number of hydrogen-bond donors (Lipinski definition) is 1. The van der Waals surface area contributed by atoms with E-state index in [4.69, 9.17) is 4.52 Å². The van der Waals surface area contributed by atoms with Gasteiger partial charge in [-0.3, -0.25) is 4.90 Å². The van der Waals surface area contributed by atoms with Gasteiger partial charge in [0.25, 0.3) is 0 Å². The van der Waals surface area contributed by atoms with E-state index in [0.29, 0.717) is 30.5 Å². The number of halogens is 1. The molecule has 1 aliphatic heterocycles. The van der Waals surface area contributed by atoms with Gasteiger partial charge < -0.3 is 14.7 Å². The fourth-order valence-corrected chi connectivity index (χ4v) is 2.79. The predicted octanol–water partition coefficient (Wildman–Crippen LogP) is 2.68. The first-order valence-electron chi connectivity index (χ1n) is 8.45. The highest BCUT2D eigenvalue weighted by Gasteiger charge is 2.27. The lowest BCUT2D eigenvalue weighted by atomic mass is 10.2. The lowest BCUT2D eigenvalue weighted by molar-refractivity contribution is 0.104. The molecule has 0 bridgehead atoms. The van der Waals surface area contributed by atoms with Gasteiger partial charge in [0.05, 0.1) is 6.04 Å². The zero-order valence-corrected chi connectivity index (χ0v) is 14.4. The van der Waals surface area contributed by atoms with Crippen LogP contribution < -0.4 is 5.32 Å². The number of urea groups is 1. The summed E-state index contributed by atoms with van der Waals surface area (Å²) in [5.74, 6) is 0.994. The summed E-state index contributed by atoms with van der Waals surface area (Å²) < 4.78 is 18.2. The van der Waals surface area contributed by atoms with Crippen molar-refractivity contribution >= 4 is 11.7 Å². The molecule has 8 heteroatoms. The van der Waals surface area contributed by atoms with Gasteiger partial charge in [0.15, 0.2) is 5.82 Å². The van der Waals surface area contributed by atoms with E-state index in [9.17, 15) is 9.18 Å². The van der Waals surface area contributed by atoms with Gasteiger partial charge in [-0.25, -0.2) is 9.18 Å². The molecule has 134 valence electrons. The quantitative estimate of drug-likeness (QED) is 0.920. The van der Waals surface area contributed by atoms with Crippen molar-refractivity contribution in [1.29, 1.82) is 0 Å². The van der Waals surface area contributed by atoms with Gasteiger partial charge in [0.1, 0.15) is 5.82 Å². The van der Waals surface area contributed by atoms with Gasteiger partial charge in [-0.1, -0.05) is 12.1 Å². The number of rotatable bonds is 4. The van der Waals surface area contributed by atoms with E-state index < -0.39 is 0 Å². The van der Waals surface area contributed by atoms with Crippen LogP contribution in [0.4, 0.5) is 14.9 Å². The van der Waals surface area contributed by atoms with Crippen LogP contribution in [0.5, 0.6) is 0 Å². The van der Waals surface area contributed by atoms with Gasteiger partial charge >= 0.3 is 6.03 Å². The summed E-state index contributed by atoms with van der Waals surface area (Å²) in [6, 6.07) is 5.59. The van der Waals surface area contributed by atoms with Crippen molar-refractivity contribution in [1.82, 2.24) is 19.9 Å². The molecule has 0 aliphatic carbocycles. The average Bonchev–Trinajstić information content (AvgIpc) is 3.12. The summed E-state index contributed by atoms with van der Waals surface area (Å²) >= 11 is 0. The van der Waals surface area contributed by atoms with Crippen LogP contribution in [0.3, 0.4) is 0 Å². The summed E-state index contributed by atoms with van der Waals surface area (Å²) in [7, 11) is 0. The van der Waals surface area contributed by atoms with Gasteiger partial charge in [-0.15, -0.1) is 0 Å². The van der Waals surface area contributed by atoms with Gasteiger partial charge in [-0.2, -0.15) is 4.98 Å². The number of nitrogens with one attached hydrogen (secondary N) is 1. The topological polar surface area (TPSA) is 74.5 Å². The molecule has 2 amide bonds. The van der Waals surface area contributed by atoms with Crippen molar-refractivity contribution in [3.63, 3.8) is 0 Å². The van der Waals surface area contributed by atoms with Crippen LogP contribution >= 0.6 is 0 Å². The maximum Gasteiger partial charge on any atom is 0.321 e. The molecule has 1 fully saturated rings. The van der Waals surface area contributed by atoms with E-state index in [1.54, 1.807) is 17.0 Å². The molecule has 1 aliphatic rings. The Morgan fingerprint density at radius 3 is 2.56 bits per heavy atom. The van der Waals surface area contributed by atoms with Crippen molar-refractivity contribution in [3.05, 3.63) is 41.8 Å². The second-order valence-electron chi connectivity index (χ2n) is 6.04. The summed E-state index contributed by atoms with van der Waals surface area (Å²) in [6.07, 6.45) is 0.744. The van der Waals surface area contributed by atoms with Crippen LogP contribution in [-0.2, 0) is 6.42 Å². The van der Waals surface area contributed by atoms with Gasteiger partial charge in [0.2, 0.25) is 5.89 Å². The first kappa shape index (κ1) is 17.3. The number of nitrogens with zero attached hydrogens (tertiary/aromatic N) is 4. The number of anilines is 1. The Labute approximate surface area is 145 Å². The van der Waals surface area contributed by atoms with Crippen LogP contribution in [0.2, 0.25) is 0 Å². The summed E-state index contributed by atoms with van der Waals surface area (Å²) in [5, 5.41) is 6.72. The standard InChI is InChI=1S/C17H22FN5O2/c1-3-15-20-16(25-21-15)12(2)22-8-10-23(11-9-22)17(24)19-14-6-4-13(18)5-7-14/h4-7,12H,3,8-11H2,1-2H3,(H,19,24)/t12-/m0/s1. The molecular weight excluding hydrogens is 325 g/mol. The highest BCUT2D eigenvalue weighted by atomic mass is 19.1. The zero-order valence-electron chi connectivity index (χ0n) is 14.4. The Morgan fingerprint density at radius 1 is 1.28 bits per heavy atom. The lowest BCUT2D eigenvalue weighted by Gasteiger charge is -2.36. The minimum atomic E-state index is -0.326. The third-order valence-electron chi connectivity index (χ3n) is 4.40. The Hall–Kier alpha value is -2.48. The fourth-order valence-electron chi connectivity index (χ4n) is 2.79. The van der Waals surface area contributed by atoms with E-state index >= 15 is 0 Å². The van der Waals surface area contributed by atoms with E-state index in [-0.39, 0.29) is 17.9 Å². The highest BCUT2D eigenvalue weighted by Crippen LogP contribution is 2.20. The molecule has 0 spiro atoms. The highest BCUT2D eigenvalue weighted by molar-refractivity contribution is 5.89. The average molecular weight is 347 g/mol. The van der Waals surface area contributed by atoms with Crippen molar-refractivity contribution in [3.8, 4) is 0 Å². The molecule has 1 aromatic carbocycles. The molecule has 1 aromatic heterocycles. The number of piperazine rings is 1. The first-order chi connectivity index (χ1) is 12.1. The number of hydrogen-bond acceptors (Lipinski definition) is 5. The smallest absolute Gasteiger partial charge is 0.321 e. The number of aromatic nitrogens is 2. The fraction of sp³-hybridized carbons (Fsp3) is 0.471. The molecule has 0 saturated carbocycles. The lowest BCUT2D eigenvalue weighted by Crippen LogP contribution is -2.50. The molecular formula is C17H22FN5O2. The van der Waals surface area contributed by atoms with Crippen LogP contribution in [0.25, 0.3) is 0 Å². The molecule has 1 saturated heterocycles. The molecule has 0 unspecified atom stereocenters. The normalized spacial score (nSPS) is 16.7. The minimum Gasteiger partial charge on any atom is -0.338 e. The van der Waals surface area contributed by atoms with Crippen molar-refractivity contribution in [2.45, 2.75) is 26.3 Å². The molecule has 2 aromatic rings. The van der Waals surface area contributed by atoms with Crippen LogP contribution in [0, 0.1) is 5.82 Å². The maximum absolute atomic E-state index is 12.9. The Balaban J connectivity index is 1.52. The summed E-state index contributed by atoms with van der Waals surface area (Å²) in [4.78, 5) is 20.6. The first-order valence-corrected chi connectivity index (χ1v) is 8.45. The molecule has 0 radical (unpaired) electrons. The SMILES string of the molecule is CCc1noc([C@H](C)N2CCN(C(=O)Nc3ccc(F)cc3)CC2)n1. The Kier molecular flexibility index (Phi) is 5.28. The largest absolute Gasteiger partial charge is 0.338 e. The minimum absolute atomic E-state index is 0.0232. The zero-order chi connectivity index (χ0) is 17.8. The molecule has 1 atom stereocenters. The Bertz CT molecular complexity index is 710. The third kappa shape index (κ3) is 4.14. The third-order valence-corrected chi connectivity index (χ3v) is 4.40. The number of carbonyl (C=O) groups excluding carboxylic acids is 1. The monoisotopic (exact) mass is 347 g/mol. The number of carbonyl (C=O) groups is 1. The van der Waals surface area contributed by atoms with Crippen LogP contribution in [-0.4, -0.2) is 52.2 Å². The summed E-state index contributed by atoms with van der Waals surface area (Å²) in [5.41, 5.74) is 0.583. The Morgan fingerprint density at radius 2 is 1.96 bits per heavy atom. The van der Waals surface area contributed by atoms with Gasteiger partial charge in [-0.05, 0) is 31.2 Å². The van der Waals surface area contributed by atoms with Crippen LogP contribution in [0.15, 0.2) is 28.8 Å². The van der Waals surface area contributed by atoms with Crippen molar-refractivity contribution in [2.24, 2.45) is 0 Å². The molecule has 25 heavy (non-hydrogen) atoms. The van der Waals surface area contributed by atoms with Crippen LogP contribution in [0.1, 0.15) is 31.6 Å². The number of amides is 2. The van der Waals surface area contributed by atoms with E-state index in [1.807, 2.05) is 13.8 Å². The van der Waals surface area contributed by atoms with E-state index in [2.05, 4.69) is 20.4 Å². The second kappa shape index (κ2) is 7.60. The molecule has 3 rings (SSSR count). The van der Waals surface area contributed by atoms with Gasteiger partial charge in [0, 0.05) is 38.3 Å². The summed E-state index contributed by atoms with van der Waals surface area (Å²) in [6.45, 7) is 6.67. The van der Waals surface area contributed by atoms with E-state index in [1.165, 1.54) is 12.1 Å². The number of benzene rings is 1. The van der Waals surface area contributed by atoms with Crippen molar-refractivity contribution in [2.75, 3.05) is 31.5 Å². The molecule has 7 nitrogen and oxygen atoms in total. The molecule has 2 heterocycles. The second-order valence-corrected chi connectivity index (χ2v) is 6.04. The van der Waals surface area contributed by atoms with Crippen molar-refractivity contribution < 1.29 is 13.7 Å². The molecule has 1 N–H and O–H groups in total. The predicted molar refractivity (Wildman–Crippen MR) is 90.7 cm³/mol. The van der Waals surface area contributed by atoms with E-state index in [0.717, 1.165) is 19.5 Å². The number of aryl methyl sites for hydroxylation is 1.